The van der Waals surface area contributed by atoms with Gasteiger partial charge in [0.05, 0.1) is 17.4 Å². The van der Waals surface area contributed by atoms with Crippen molar-refractivity contribution in [2.24, 2.45) is 7.05 Å². The molecule has 0 atom stereocenters. The number of nitrogens with zero attached hydrogens (tertiary/aromatic N) is 2. The maximum absolute atomic E-state index is 12.5. The largest absolute Gasteiger partial charge is 0.508 e. The monoisotopic (exact) mass is 325 g/mol. The van der Waals surface area contributed by atoms with Gasteiger partial charge in [-0.3, -0.25) is 4.79 Å². The van der Waals surface area contributed by atoms with Crippen LogP contribution in [0.5, 0.6) is 11.5 Å². The summed E-state index contributed by atoms with van der Waals surface area (Å²) >= 11 is 0. The SMILES string of the molecule is CC(C)c1cc(C(=O)Nc2cnc3c(ccn3C)c2)c(O)cc1O. The van der Waals surface area contributed by atoms with Crippen molar-refractivity contribution in [2.45, 2.75) is 19.8 Å². The number of aryl methyl sites for hydroxylation is 1. The highest BCUT2D eigenvalue weighted by molar-refractivity contribution is 6.07. The molecule has 3 aromatic rings. The van der Waals surface area contributed by atoms with Crippen molar-refractivity contribution in [3.63, 3.8) is 0 Å². The van der Waals surface area contributed by atoms with Crippen LogP contribution in [0.3, 0.4) is 0 Å². The van der Waals surface area contributed by atoms with Crippen LogP contribution in [0.15, 0.2) is 36.7 Å². The van der Waals surface area contributed by atoms with E-state index in [-0.39, 0.29) is 23.0 Å². The Morgan fingerprint density at radius 2 is 1.96 bits per heavy atom. The van der Waals surface area contributed by atoms with Gasteiger partial charge in [0.25, 0.3) is 5.91 Å². The Balaban J connectivity index is 1.92. The van der Waals surface area contributed by atoms with Gasteiger partial charge in [-0.25, -0.2) is 4.98 Å². The van der Waals surface area contributed by atoms with E-state index in [1.165, 1.54) is 12.1 Å². The Bertz CT molecular complexity index is 929. The van der Waals surface area contributed by atoms with Crippen LogP contribution in [0.2, 0.25) is 0 Å². The first-order chi connectivity index (χ1) is 11.4. The lowest BCUT2D eigenvalue weighted by molar-refractivity contribution is 0.102. The summed E-state index contributed by atoms with van der Waals surface area (Å²) in [6.45, 7) is 3.81. The molecular weight excluding hydrogens is 306 g/mol. The molecule has 3 N–H and O–H groups in total. The molecular formula is C18H19N3O3. The van der Waals surface area contributed by atoms with Gasteiger partial charge in [0.1, 0.15) is 17.1 Å². The highest BCUT2D eigenvalue weighted by Crippen LogP contribution is 2.32. The van der Waals surface area contributed by atoms with Crippen LogP contribution in [-0.4, -0.2) is 25.7 Å². The summed E-state index contributed by atoms with van der Waals surface area (Å²) in [4.78, 5) is 16.8. The van der Waals surface area contributed by atoms with Crippen LogP contribution in [0.4, 0.5) is 5.69 Å². The summed E-state index contributed by atoms with van der Waals surface area (Å²) in [6.07, 6.45) is 3.46. The Morgan fingerprint density at radius 3 is 2.67 bits per heavy atom. The number of anilines is 1. The predicted molar refractivity (Wildman–Crippen MR) is 92.5 cm³/mol. The second kappa shape index (κ2) is 5.88. The molecule has 0 aliphatic carbocycles. The van der Waals surface area contributed by atoms with E-state index in [1.54, 1.807) is 6.20 Å². The van der Waals surface area contributed by atoms with Crippen molar-refractivity contribution in [1.29, 1.82) is 0 Å². The highest BCUT2D eigenvalue weighted by atomic mass is 16.3. The third kappa shape index (κ3) is 2.78. The summed E-state index contributed by atoms with van der Waals surface area (Å²) < 4.78 is 1.89. The second-order valence-corrected chi connectivity index (χ2v) is 6.10. The van der Waals surface area contributed by atoms with Crippen molar-refractivity contribution in [2.75, 3.05) is 5.32 Å². The number of phenolic OH excluding ortho intramolecular Hbond substituents is 2. The smallest absolute Gasteiger partial charge is 0.259 e. The molecule has 24 heavy (non-hydrogen) atoms. The normalized spacial score (nSPS) is 11.2. The summed E-state index contributed by atoms with van der Waals surface area (Å²) in [5.41, 5.74) is 2.08. The fourth-order valence-corrected chi connectivity index (χ4v) is 2.66. The zero-order chi connectivity index (χ0) is 17.4. The molecule has 0 aliphatic rings. The van der Waals surface area contributed by atoms with Gasteiger partial charge >= 0.3 is 0 Å². The van der Waals surface area contributed by atoms with E-state index in [1.807, 2.05) is 43.8 Å². The van der Waals surface area contributed by atoms with E-state index >= 15 is 0 Å². The van der Waals surface area contributed by atoms with Gasteiger partial charge < -0.3 is 20.1 Å². The number of hydrogen-bond acceptors (Lipinski definition) is 4. The van der Waals surface area contributed by atoms with Gasteiger partial charge in [0, 0.05) is 24.7 Å². The van der Waals surface area contributed by atoms with Gasteiger partial charge in [-0.15, -0.1) is 0 Å². The highest BCUT2D eigenvalue weighted by Gasteiger charge is 2.17. The molecule has 1 amide bonds. The molecule has 0 saturated carbocycles. The van der Waals surface area contributed by atoms with Gasteiger partial charge in [-0.1, -0.05) is 13.8 Å². The number of amides is 1. The Hall–Kier alpha value is -3.02. The quantitative estimate of drug-likeness (QED) is 0.689. The van der Waals surface area contributed by atoms with E-state index in [0.29, 0.717) is 11.3 Å². The Labute approximate surface area is 139 Å². The maximum Gasteiger partial charge on any atom is 0.259 e. The molecule has 0 radical (unpaired) electrons. The lowest BCUT2D eigenvalue weighted by Gasteiger charge is -2.13. The molecule has 0 aliphatic heterocycles. The number of carbonyl (C=O) groups excluding carboxylic acids is 1. The lowest BCUT2D eigenvalue weighted by atomic mass is 9.98. The summed E-state index contributed by atoms with van der Waals surface area (Å²) in [6, 6.07) is 6.44. The Kier molecular flexibility index (Phi) is 3.89. The van der Waals surface area contributed by atoms with Crippen LogP contribution in [0.25, 0.3) is 11.0 Å². The van der Waals surface area contributed by atoms with E-state index < -0.39 is 5.91 Å². The predicted octanol–water partition coefficient (Wildman–Crippen LogP) is 3.36. The lowest BCUT2D eigenvalue weighted by Crippen LogP contribution is -2.13. The zero-order valence-electron chi connectivity index (χ0n) is 13.7. The number of rotatable bonds is 3. The number of benzene rings is 1. The van der Waals surface area contributed by atoms with Crippen molar-refractivity contribution in [1.82, 2.24) is 9.55 Å². The number of carbonyl (C=O) groups is 1. The van der Waals surface area contributed by atoms with Crippen molar-refractivity contribution >= 4 is 22.6 Å². The number of pyridine rings is 1. The topological polar surface area (TPSA) is 87.4 Å². The second-order valence-electron chi connectivity index (χ2n) is 6.10. The van der Waals surface area contributed by atoms with Gasteiger partial charge in [0.15, 0.2) is 0 Å². The third-order valence-corrected chi connectivity index (χ3v) is 3.98. The number of aromatic hydroxyl groups is 2. The molecule has 6 heteroatoms. The molecule has 124 valence electrons. The van der Waals surface area contributed by atoms with Crippen molar-refractivity contribution in [3.05, 3.63) is 47.8 Å². The Morgan fingerprint density at radius 1 is 1.21 bits per heavy atom. The van der Waals surface area contributed by atoms with E-state index in [4.69, 9.17) is 0 Å². The first kappa shape index (κ1) is 15.9. The molecule has 2 aromatic heterocycles. The molecule has 0 saturated heterocycles. The van der Waals surface area contributed by atoms with E-state index in [9.17, 15) is 15.0 Å². The van der Waals surface area contributed by atoms with Gasteiger partial charge in [-0.05, 0) is 29.7 Å². The summed E-state index contributed by atoms with van der Waals surface area (Å²) in [7, 11) is 1.90. The fraction of sp³-hybridized carbons (Fsp3) is 0.222. The average Bonchev–Trinajstić information content (AvgIpc) is 2.87. The molecule has 3 rings (SSSR count). The van der Waals surface area contributed by atoms with Crippen LogP contribution in [0, 0.1) is 0 Å². The summed E-state index contributed by atoms with van der Waals surface area (Å²) in [5.74, 6) is -0.708. The van der Waals surface area contributed by atoms with Crippen LogP contribution in [-0.2, 0) is 7.05 Å². The molecule has 2 heterocycles. The first-order valence-corrected chi connectivity index (χ1v) is 7.65. The number of hydrogen-bond donors (Lipinski definition) is 3. The molecule has 0 spiro atoms. The minimum absolute atomic E-state index is 0.0218. The third-order valence-electron chi connectivity index (χ3n) is 3.98. The van der Waals surface area contributed by atoms with Crippen LogP contribution >= 0.6 is 0 Å². The molecule has 0 fully saturated rings. The number of nitrogens with one attached hydrogen (secondary N) is 1. The van der Waals surface area contributed by atoms with Crippen molar-refractivity contribution in [3.8, 4) is 11.5 Å². The number of aromatic nitrogens is 2. The molecule has 6 nitrogen and oxygen atoms in total. The minimum Gasteiger partial charge on any atom is -0.508 e. The first-order valence-electron chi connectivity index (χ1n) is 7.65. The zero-order valence-corrected chi connectivity index (χ0v) is 13.7. The van der Waals surface area contributed by atoms with E-state index in [0.717, 1.165) is 11.0 Å². The minimum atomic E-state index is -0.452. The molecule has 0 bridgehead atoms. The van der Waals surface area contributed by atoms with Crippen molar-refractivity contribution < 1.29 is 15.0 Å². The molecule has 1 aromatic carbocycles. The van der Waals surface area contributed by atoms with Crippen LogP contribution < -0.4 is 5.32 Å². The van der Waals surface area contributed by atoms with Gasteiger partial charge in [-0.2, -0.15) is 0 Å². The number of phenols is 2. The maximum atomic E-state index is 12.5. The molecule has 0 unspecified atom stereocenters. The van der Waals surface area contributed by atoms with E-state index in [2.05, 4.69) is 10.3 Å². The van der Waals surface area contributed by atoms with Crippen LogP contribution in [0.1, 0.15) is 35.7 Å². The standard InChI is InChI=1S/C18H19N3O3/c1-10(2)13-7-14(16(23)8-15(13)22)18(24)20-12-6-11-4-5-21(3)17(11)19-9-12/h4-10,22-23H,1-3H3,(H,20,24). The summed E-state index contributed by atoms with van der Waals surface area (Å²) in [5, 5.41) is 23.5. The average molecular weight is 325 g/mol. The number of fused-ring (bicyclic) bond motifs is 1. The fourth-order valence-electron chi connectivity index (χ4n) is 2.66. The van der Waals surface area contributed by atoms with Gasteiger partial charge in [0.2, 0.25) is 0 Å².